The van der Waals surface area contributed by atoms with E-state index in [4.69, 9.17) is 28.9 Å². The first-order chi connectivity index (χ1) is 9.86. The summed E-state index contributed by atoms with van der Waals surface area (Å²) in [5.41, 5.74) is 7.23. The number of aromatic nitrogens is 2. The van der Waals surface area contributed by atoms with Crippen molar-refractivity contribution in [3.8, 4) is 5.69 Å². The highest BCUT2D eigenvalue weighted by Crippen LogP contribution is 2.25. The molecule has 2 aromatic rings. The van der Waals surface area contributed by atoms with E-state index in [9.17, 15) is 4.79 Å². The number of aryl methyl sites for hydroxylation is 1. The van der Waals surface area contributed by atoms with Gasteiger partial charge < -0.3 is 11.1 Å². The van der Waals surface area contributed by atoms with Gasteiger partial charge in [-0.05, 0) is 32.0 Å². The first kappa shape index (κ1) is 15.8. The Kier molecular flexibility index (Phi) is 4.88. The topological polar surface area (TPSA) is 72.9 Å². The lowest BCUT2D eigenvalue weighted by Gasteiger charge is -2.06. The molecule has 0 bridgehead atoms. The van der Waals surface area contributed by atoms with Gasteiger partial charge in [-0.2, -0.15) is 0 Å². The molecule has 0 aliphatic carbocycles. The molecule has 0 aliphatic rings. The molecule has 1 unspecified atom stereocenters. The highest BCUT2D eigenvalue weighted by atomic mass is 35.5. The number of nitrogens with one attached hydrogen (secondary N) is 1. The zero-order valence-electron chi connectivity index (χ0n) is 11.7. The summed E-state index contributed by atoms with van der Waals surface area (Å²) >= 11 is 11.9. The van der Waals surface area contributed by atoms with Gasteiger partial charge in [0.1, 0.15) is 0 Å². The molecule has 0 spiro atoms. The number of halogens is 2. The lowest BCUT2D eigenvalue weighted by Crippen LogP contribution is -2.24. The molecule has 0 fully saturated rings. The second-order valence-electron chi connectivity index (χ2n) is 4.91. The van der Waals surface area contributed by atoms with Gasteiger partial charge in [0.05, 0.1) is 15.7 Å². The van der Waals surface area contributed by atoms with E-state index in [0.717, 1.165) is 11.4 Å². The first-order valence-electron chi connectivity index (χ1n) is 6.44. The van der Waals surface area contributed by atoms with Gasteiger partial charge in [0.15, 0.2) is 5.82 Å². The Morgan fingerprint density at radius 3 is 2.71 bits per heavy atom. The fourth-order valence-corrected chi connectivity index (χ4v) is 2.19. The molecular formula is C14H16Cl2N4O. The zero-order chi connectivity index (χ0) is 15.6. The van der Waals surface area contributed by atoms with Gasteiger partial charge in [0.2, 0.25) is 5.91 Å². The average Bonchev–Trinajstić information content (AvgIpc) is 2.72. The minimum Gasteiger partial charge on any atom is -0.327 e. The van der Waals surface area contributed by atoms with Crippen LogP contribution in [-0.4, -0.2) is 21.7 Å². The monoisotopic (exact) mass is 326 g/mol. The van der Waals surface area contributed by atoms with Gasteiger partial charge >= 0.3 is 0 Å². The maximum atomic E-state index is 11.7. The Bertz CT molecular complexity index is 667. The summed E-state index contributed by atoms with van der Waals surface area (Å²) in [5, 5.41) is 7.99. The molecule has 1 aromatic carbocycles. The lowest BCUT2D eigenvalue weighted by atomic mass is 10.2. The number of carbonyl (C=O) groups excluding carboxylic acids is 1. The molecule has 0 saturated heterocycles. The Morgan fingerprint density at radius 2 is 2.10 bits per heavy atom. The second kappa shape index (κ2) is 6.47. The number of nitrogens with two attached hydrogens (primary N) is 1. The Labute approximate surface area is 133 Å². The largest absolute Gasteiger partial charge is 0.327 e. The molecule has 1 heterocycles. The molecule has 21 heavy (non-hydrogen) atoms. The highest BCUT2D eigenvalue weighted by Gasteiger charge is 2.11. The predicted octanol–water partition coefficient (Wildman–Crippen LogP) is 3.16. The normalized spacial score (nSPS) is 12.2. The third-order valence-electron chi connectivity index (χ3n) is 2.81. The molecule has 1 amide bonds. The van der Waals surface area contributed by atoms with Crippen LogP contribution in [0.2, 0.25) is 10.0 Å². The van der Waals surface area contributed by atoms with Crippen LogP contribution in [0.3, 0.4) is 0 Å². The van der Waals surface area contributed by atoms with Crippen LogP contribution in [0.4, 0.5) is 5.82 Å². The molecule has 0 aliphatic heterocycles. The molecule has 0 radical (unpaired) electrons. The van der Waals surface area contributed by atoms with Crippen LogP contribution in [0.5, 0.6) is 0 Å². The number of anilines is 1. The SMILES string of the molecule is Cc1cc(NC(=O)CC(C)N)nn1-c1ccc(Cl)c(Cl)c1. The van der Waals surface area contributed by atoms with Crippen LogP contribution < -0.4 is 11.1 Å². The van der Waals surface area contributed by atoms with E-state index in [1.165, 1.54) is 0 Å². The number of carbonyl (C=O) groups is 1. The van der Waals surface area contributed by atoms with E-state index in [1.54, 1.807) is 29.8 Å². The molecule has 2 rings (SSSR count). The molecule has 1 atom stereocenters. The summed E-state index contributed by atoms with van der Waals surface area (Å²) in [6.45, 7) is 3.66. The number of hydrogen-bond donors (Lipinski definition) is 2. The van der Waals surface area contributed by atoms with Crippen molar-refractivity contribution in [1.82, 2.24) is 9.78 Å². The molecule has 0 saturated carbocycles. The summed E-state index contributed by atoms with van der Waals surface area (Å²) in [6, 6.07) is 6.82. The first-order valence-corrected chi connectivity index (χ1v) is 7.20. The quantitative estimate of drug-likeness (QED) is 0.906. The molecule has 1 aromatic heterocycles. The van der Waals surface area contributed by atoms with Crippen LogP contribution in [0.15, 0.2) is 24.3 Å². The zero-order valence-corrected chi connectivity index (χ0v) is 13.2. The number of amides is 1. The highest BCUT2D eigenvalue weighted by molar-refractivity contribution is 6.42. The number of rotatable bonds is 4. The number of nitrogens with zero attached hydrogens (tertiary/aromatic N) is 2. The Hall–Kier alpha value is -1.56. The van der Waals surface area contributed by atoms with E-state index < -0.39 is 0 Å². The minimum atomic E-state index is -0.191. The predicted molar refractivity (Wildman–Crippen MR) is 85.2 cm³/mol. The van der Waals surface area contributed by atoms with Crippen LogP contribution >= 0.6 is 23.2 Å². The van der Waals surface area contributed by atoms with E-state index in [2.05, 4.69) is 10.4 Å². The number of benzene rings is 1. The summed E-state index contributed by atoms with van der Waals surface area (Å²) in [7, 11) is 0. The fraction of sp³-hybridized carbons (Fsp3) is 0.286. The molecule has 5 nitrogen and oxygen atoms in total. The third kappa shape index (κ3) is 3.97. The van der Waals surface area contributed by atoms with Crippen LogP contribution in [0, 0.1) is 6.92 Å². The summed E-state index contributed by atoms with van der Waals surface area (Å²) in [6.07, 6.45) is 0.249. The van der Waals surface area contributed by atoms with Crippen molar-refractivity contribution < 1.29 is 4.79 Å². The van der Waals surface area contributed by atoms with E-state index in [1.807, 2.05) is 13.0 Å². The molecule has 7 heteroatoms. The van der Waals surface area contributed by atoms with Gasteiger partial charge in [-0.1, -0.05) is 23.2 Å². The van der Waals surface area contributed by atoms with Crippen molar-refractivity contribution in [2.75, 3.05) is 5.32 Å². The van der Waals surface area contributed by atoms with Crippen molar-refractivity contribution in [1.29, 1.82) is 0 Å². The van der Waals surface area contributed by atoms with Crippen molar-refractivity contribution in [2.24, 2.45) is 5.73 Å². The Morgan fingerprint density at radius 1 is 1.38 bits per heavy atom. The lowest BCUT2D eigenvalue weighted by molar-refractivity contribution is -0.116. The van der Waals surface area contributed by atoms with Crippen LogP contribution in [-0.2, 0) is 4.79 Å². The van der Waals surface area contributed by atoms with E-state index in [-0.39, 0.29) is 18.4 Å². The summed E-state index contributed by atoms with van der Waals surface area (Å²) in [4.78, 5) is 11.7. The van der Waals surface area contributed by atoms with E-state index in [0.29, 0.717) is 15.9 Å². The van der Waals surface area contributed by atoms with Crippen LogP contribution in [0.25, 0.3) is 5.69 Å². The van der Waals surface area contributed by atoms with Crippen LogP contribution in [0.1, 0.15) is 19.0 Å². The standard InChI is InChI=1S/C14H16Cl2N4O/c1-8(17)5-14(21)18-13-6-9(2)20(19-13)10-3-4-11(15)12(16)7-10/h3-4,6-8H,5,17H2,1-2H3,(H,18,19,21). The fourth-order valence-electron chi connectivity index (χ4n) is 1.90. The third-order valence-corrected chi connectivity index (χ3v) is 3.55. The molecular weight excluding hydrogens is 311 g/mol. The summed E-state index contributed by atoms with van der Waals surface area (Å²) < 4.78 is 1.68. The number of hydrogen-bond acceptors (Lipinski definition) is 3. The van der Waals surface area contributed by atoms with Gasteiger partial charge in [-0.3, -0.25) is 4.79 Å². The summed E-state index contributed by atoms with van der Waals surface area (Å²) in [5.74, 6) is 0.313. The smallest absolute Gasteiger partial charge is 0.227 e. The average molecular weight is 327 g/mol. The molecule has 112 valence electrons. The van der Waals surface area contributed by atoms with Crippen molar-refractivity contribution in [3.05, 3.63) is 40.0 Å². The maximum Gasteiger partial charge on any atom is 0.227 e. The molecule has 3 N–H and O–H groups in total. The van der Waals surface area contributed by atoms with Gasteiger partial charge in [-0.15, -0.1) is 5.10 Å². The van der Waals surface area contributed by atoms with Gasteiger partial charge in [0, 0.05) is 24.2 Å². The second-order valence-corrected chi connectivity index (χ2v) is 5.73. The van der Waals surface area contributed by atoms with E-state index >= 15 is 0 Å². The maximum absolute atomic E-state index is 11.7. The van der Waals surface area contributed by atoms with Crippen molar-refractivity contribution >= 4 is 34.9 Å². The van der Waals surface area contributed by atoms with Gasteiger partial charge in [-0.25, -0.2) is 4.68 Å². The van der Waals surface area contributed by atoms with Crippen molar-refractivity contribution in [2.45, 2.75) is 26.3 Å². The van der Waals surface area contributed by atoms with Gasteiger partial charge in [0.25, 0.3) is 0 Å². The Balaban J connectivity index is 2.22. The van der Waals surface area contributed by atoms with Crippen molar-refractivity contribution in [3.63, 3.8) is 0 Å². The minimum absolute atomic E-state index is 0.163.